The fourth-order valence-electron chi connectivity index (χ4n) is 3.11. The van der Waals surface area contributed by atoms with Crippen LogP contribution in [0.3, 0.4) is 0 Å². The van der Waals surface area contributed by atoms with E-state index in [0.717, 1.165) is 25.2 Å². The second-order valence-electron chi connectivity index (χ2n) is 6.05. The lowest BCUT2D eigenvalue weighted by Crippen LogP contribution is -2.32. The number of likely N-dealkylation sites (tertiary alicyclic amines) is 1. The Morgan fingerprint density at radius 3 is 2.92 bits per heavy atom. The molecule has 0 unspecified atom stereocenters. The zero-order chi connectivity index (χ0) is 16.8. The summed E-state index contributed by atoms with van der Waals surface area (Å²) >= 11 is 0. The first-order valence-electron chi connectivity index (χ1n) is 8.17. The molecule has 0 saturated carbocycles. The molecule has 24 heavy (non-hydrogen) atoms. The molecule has 126 valence electrons. The highest BCUT2D eigenvalue weighted by atomic mass is 16.5. The van der Waals surface area contributed by atoms with Gasteiger partial charge in [0.15, 0.2) is 0 Å². The first kappa shape index (κ1) is 16.4. The van der Waals surface area contributed by atoms with Gasteiger partial charge in [0.25, 0.3) is 5.91 Å². The average Bonchev–Trinajstić information content (AvgIpc) is 3.27. The summed E-state index contributed by atoms with van der Waals surface area (Å²) in [7, 11) is 0. The second-order valence-corrected chi connectivity index (χ2v) is 6.05. The molecule has 1 saturated heterocycles. The van der Waals surface area contributed by atoms with Gasteiger partial charge in [-0.1, -0.05) is 24.3 Å². The Hall–Kier alpha value is -2.44. The van der Waals surface area contributed by atoms with Gasteiger partial charge >= 0.3 is 0 Å². The van der Waals surface area contributed by atoms with Crippen molar-refractivity contribution < 1.29 is 10.0 Å². The number of hydrogen-bond donors (Lipinski definition) is 2. The predicted octanol–water partition coefficient (Wildman–Crippen LogP) is 2.07. The number of benzene rings is 1. The molecule has 1 aliphatic heterocycles. The maximum absolute atomic E-state index is 11.0. The van der Waals surface area contributed by atoms with Gasteiger partial charge in [-0.3, -0.25) is 19.6 Å². The molecule has 0 bridgehead atoms. The summed E-state index contributed by atoms with van der Waals surface area (Å²) in [4.78, 5) is 13.5. The third-order valence-electron chi connectivity index (χ3n) is 4.36. The maximum Gasteiger partial charge on any atom is 0.267 e. The van der Waals surface area contributed by atoms with E-state index in [1.54, 1.807) is 11.6 Å². The average molecular weight is 326 g/mol. The van der Waals surface area contributed by atoms with E-state index < -0.39 is 5.91 Å². The zero-order valence-electron chi connectivity index (χ0n) is 13.5. The van der Waals surface area contributed by atoms with Crippen molar-refractivity contribution in [1.29, 1.82) is 0 Å². The number of hydrogen-bond acceptors (Lipinski definition) is 4. The number of carbonyl (C=O) groups is 1. The van der Waals surface area contributed by atoms with E-state index >= 15 is 0 Å². The van der Waals surface area contributed by atoms with Crippen LogP contribution in [0, 0.1) is 0 Å². The minimum atomic E-state index is -0.530. The molecule has 6 heteroatoms. The molecule has 1 aromatic heterocycles. The van der Waals surface area contributed by atoms with Crippen LogP contribution in [-0.4, -0.2) is 38.4 Å². The Morgan fingerprint density at radius 1 is 1.38 bits per heavy atom. The monoisotopic (exact) mass is 326 g/mol. The number of rotatable bonds is 6. The van der Waals surface area contributed by atoms with E-state index in [2.05, 4.69) is 22.1 Å². The Labute approximate surface area is 141 Å². The summed E-state index contributed by atoms with van der Waals surface area (Å²) in [6.45, 7) is 2.97. The van der Waals surface area contributed by atoms with Crippen molar-refractivity contribution in [3.05, 3.63) is 59.9 Å². The van der Waals surface area contributed by atoms with Gasteiger partial charge in [-0.05, 0) is 42.7 Å². The molecular weight excluding hydrogens is 304 g/mol. The lowest BCUT2D eigenvalue weighted by Gasteiger charge is -2.24. The van der Waals surface area contributed by atoms with Crippen molar-refractivity contribution >= 4 is 12.0 Å². The summed E-state index contributed by atoms with van der Waals surface area (Å²) in [6.07, 6.45) is 9.24. The van der Waals surface area contributed by atoms with Gasteiger partial charge in [-0.25, -0.2) is 5.48 Å². The number of carbonyl (C=O) groups excluding carboxylic acids is 1. The molecule has 1 fully saturated rings. The molecule has 3 rings (SSSR count). The van der Waals surface area contributed by atoms with Crippen LogP contribution >= 0.6 is 0 Å². The Balaban J connectivity index is 1.58. The number of nitrogens with zero attached hydrogens (tertiary/aromatic N) is 3. The van der Waals surface area contributed by atoms with E-state index in [9.17, 15) is 4.79 Å². The quantitative estimate of drug-likeness (QED) is 0.484. The third-order valence-corrected chi connectivity index (χ3v) is 4.36. The summed E-state index contributed by atoms with van der Waals surface area (Å²) in [6, 6.07) is 10.6. The molecule has 0 spiro atoms. The van der Waals surface area contributed by atoms with Crippen LogP contribution in [0.25, 0.3) is 6.08 Å². The molecular formula is C18H22N4O2. The molecule has 1 amide bonds. The highest BCUT2D eigenvalue weighted by Gasteiger charge is 2.24. The minimum absolute atomic E-state index is 0.526. The fraction of sp³-hybridized carbons (Fsp3) is 0.333. The molecule has 1 aromatic carbocycles. The number of nitrogens with one attached hydrogen (secondary N) is 1. The summed E-state index contributed by atoms with van der Waals surface area (Å²) in [5.74, 6) is -0.530. The minimum Gasteiger partial charge on any atom is -0.294 e. The predicted molar refractivity (Wildman–Crippen MR) is 91.1 cm³/mol. The van der Waals surface area contributed by atoms with Crippen LogP contribution in [0.5, 0.6) is 0 Å². The summed E-state index contributed by atoms with van der Waals surface area (Å²) in [5.41, 5.74) is 3.76. The van der Waals surface area contributed by atoms with E-state index in [0.29, 0.717) is 6.04 Å². The Bertz CT molecular complexity index is 680. The molecule has 1 atom stereocenters. The van der Waals surface area contributed by atoms with Crippen LogP contribution in [0.15, 0.2) is 48.8 Å². The van der Waals surface area contributed by atoms with E-state index in [1.165, 1.54) is 24.5 Å². The lowest BCUT2D eigenvalue weighted by molar-refractivity contribution is -0.124. The summed E-state index contributed by atoms with van der Waals surface area (Å²) < 4.78 is 2.00. The summed E-state index contributed by atoms with van der Waals surface area (Å²) in [5, 5.41) is 12.8. The molecule has 2 N–H and O–H groups in total. The van der Waals surface area contributed by atoms with Gasteiger partial charge in [-0.2, -0.15) is 5.10 Å². The fourth-order valence-corrected chi connectivity index (χ4v) is 3.11. The molecule has 0 aliphatic carbocycles. The SMILES string of the molecule is O=C(/C=C/c1ccc(CN2CCC[C@@H]2Cn2cccn2)cc1)NO. The highest BCUT2D eigenvalue weighted by Crippen LogP contribution is 2.21. The van der Waals surface area contributed by atoms with Crippen LogP contribution in [-0.2, 0) is 17.9 Å². The maximum atomic E-state index is 11.0. The normalized spacial score (nSPS) is 18.3. The Morgan fingerprint density at radius 2 is 2.21 bits per heavy atom. The van der Waals surface area contributed by atoms with E-state index in [1.807, 2.05) is 35.3 Å². The van der Waals surface area contributed by atoms with Gasteiger partial charge < -0.3 is 0 Å². The smallest absolute Gasteiger partial charge is 0.267 e. The van der Waals surface area contributed by atoms with Crippen LogP contribution in [0.1, 0.15) is 24.0 Å². The van der Waals surface area contributed by atoms with Crippen molar-refractivity contribution in [3.63, 3.8) is 0 Å². The van der Waals surface area contributed by atoms with Crippen molar-refractivity contribution in [3.8, 4) is 0 Å². The standard InChI is InChI=1S/C18H22N4O2/c23-18(20-24)9-8-15-4-6-16(7-5-15)13-21-11-1-3-17(21)14-22-12-2-10-19-22/h2,4-10,12,17,24H,1,3,11,13-14H2,(H,20,23)/b9-8+/t17-/m1/s1. The van der Waals surface area contributed by atoms with E-state index in [4.69, 9.17) is 5.21 Å². The largest absolute Gasteiger partial charge is 0.294 e. The number of amides is 1. The second kappa shape index (κ2) is 7.90. The Kier molecular flexibility index (Phi) is 5.40. The van der Waals surface area contributed by atoms with Crippen molar-refractivity contribution in [1.82, 2.24) is 20.2 Å². The van der Waals surface area contributed by atoms with Gasteiger partial charge in [0.2, 0.25) is 0 Å². The van der Waals surface area contributed by atoms with Gasteiger partial charge in [-0.15, -0.1) is 0 Å². The first-order chi connectivity index (χ1) is 11.7. The zero-order valence-corrected chi connectivity index (χ0v) is 13.5. The van der Waals surface area contributed by atoms with Gasteiger partial charge in [0.05, 0.1) is 6.54 Å². The molecule has 2 aromatic rings. The van der Waals surface area contributed by atoms with Crippen molar-refractivity contribution in [2.45, 2.75) is 32.0 Å². The van der Waals surface area contributed by atoms with Crippen LogP contribution in [0.2, 0.25) is 0 Å². The van der Waals surface area contributed by atoms with Crippen molar-refractivity contribution in [2.75, 3.05) is 6.54 Å². The van der Waals surface area contributed by atoms with Gasteiger partial charge in [0, 0.05) is 31.1 Å². The highest BCUT2D eigenvalue weighted by molar-refractivity contribution is 5.90. The molecule has 1 aliphatic rings. The molecule has 0 radical (unpaired) electrons. The van der Waals surface area contributed by atoms with Crippen LogP contribution < -0.4 is 5.48 Å². The van der Waals surface area contributed by atoms with Crippen molar-refractivity contribution in [2.24, 2.45) is 0 Å². The third kappa shape index (κ3) is 4.31. The van der Waals surface area contributed by atoms with Crippen LogP contribution in [0.4, 0.5) is 0 Å². The molecule has 6 nitrogen and oxygen atoms in total. The molecule has 2 heterocycles. The lowest BCUT2D eigenvalue weighted by atomic mass is 10.1. The first-order valence-corrected chi connectivity index (χ1v) is 8.17. The number of aromatic nitrogens is 2. The topological polar surface area (TPSA) is 70.4 Å². The van der Waals surface area contributed by atoms with E-state index in [-0.39, 0.29) is 0 Å². The van der Waals surface area contributed by atoms with Gasteiger partial charge in [0.1, 0.15) is 0 Å². The number of hydroxylamine groups is 1.